The number of hydroxylamine groups is 1. The van der Waals surface area contributed by atoms with Gasteiger partial charge in [-0.05, 0) is 30.4 Å². The number of aliphatic hydroxyl groups is 1. The van der Waals surface area contributed by atoms with Gasteiger partial charge in [0, 0.05) is 6.54 Å². The molecule has 21 heavy (non-hydrogen) atoms. The van der Waals surface area contributed by atoms with Crippen molar-refractivity contribution in [3.63, 3.8) is 0 Å². The number of hydrogen-bond acceptors (Lipinski definition) is 3. The van der Waals surface area contributed by atoms with Gasteiger partial charge in [-0.1, -0.05) is 37.1 Å². The van der Waals surface area contributed by atoms with Crippen LogP contribution in [0.3, 0.4) is 0 Å². The Balaban J connectivity index is 1.65. The molecule has 1 saturated carbocycles. The minimum atomic E-state index is -0.290. The number of rotatable bonds is 3. The van der Waals surface area contributed by atoms with E-state index in [9.17, 15) is 9.90 Å². The Hall–Kier alpha value is -1.59. The molecule has 1 aliphatic heterocycles. The highest BCUT2D eigenvalue weighted by Crippen LogP contribution is 2.29. The molecule has 3 rings (SSSR count). The fourth-order valence-electron chi connectivity index (χ4n) is 3.29. The van der Waals surface area contributed by atoms with Crippen molar-refractivity contribution >= 4 is 6.03 Å². The van der Waals surface area contributed by atoms with Gasteiger partial charge in [0.2, 0.25) is 0 Å². The van der Waals surface area contributed by atoms with E-state index in [0.717, 1.165) is 37.7 Å². The summed E-state index contributed by atoms with van der Waals surface area (Å²) in [4.78, 5) is 19.5. The fraction of sp³-hybridized carbons (Fsp3) is 0.562. The van der Waals surface area contributed by atoms with E-state index in [1.54, 1.807) is 4.90 Å². The zero-order chi connectivity index (χ0) is 14.7. The van der Waals surface area contributed by atoms with E-state index in [1.165, 1.54) is 5.56 Å². The molecule has 2 N–H and O–H groups in total. The third-order valence-corrected chi connectivity index (χ3v) is 4.46. The molecule has 0 saturated heterocycles. The van der Waals surface area contributed by atoms with Gasteiger partial charge in [-0.15, -0.1) is 0 Å². The van der Waals surface area contributed by atoms with Gasteiger partial charge < -0.3 is 10.0 Å². The summed E-state index contributed by atoms with van der Waals surface area (Å²) in [6, 6.07) is 7.43. The maximum Gasteiger partial charge on any atom is 0.341 e. The highest BCUT2D eigenvalue weighted by Gasteiger charge is 2.30. The molecule has 1 atom stereocenters. The van der Waals surface area contributed by atoms with Crippen LogP contribution >= 0.6 is 0 Å². The molecule has 1 aliphatic carbocycles. The van der Waals surface area contributed by atoms with Crippen molar-refractivity contribution in [1.82, 2.24) is 10.4 Å². The lowest BCUT2D eigenvalue weighted by atomic mass is 9.93. The Morgan fingerprint density at radius 1 is 1.33 bits per heavy atom. The van der Waals surface area contributed by atoms with Gasteiger partial charge in [-0.25, -0.2) is 10.3 Å². The minimum absolute atomic E-state index is 0.0755. The van der Waals surface area contributed by atoms with Crippen LogP contribution in [0.2, 0.25) is 0 Å². The number of nitrogens with one attached hydrogen (secondary N) is 1. The summed E-state index contributed by atoms with van der Waals surface area (Å²) in [6.45, 7) is 0.524. The third kappa shape index (κ3) is 3.04. The summed E-state index contributed by atoms with van der Waals surface area (Å²) in [5.41, 5.74) is 4.80. The summed E-state index contributed by atoms with van der Waals surface area (Å²) >= 11 is 0. The molecular weight excluding hydrogens is 268 g/mol. The summed E-state index contributed by atoms with van der Waals surface area (Å²) < 4.78 is 0. The number of aliphatic hydroxyl groups excluding tert-OH is 1. The van der Waals surface area contributed by atoms with Crippen LogP contribution in [0, 0.1) is 0 Å². The third-order valence-electron chi connectivity index (χ3n) is 4.46. The van der Waals surface area contributed by atoms with Gasteiger partial charge >= 0.3 is 6.03 Å². The molecule has 1 unspecified atom stereocenters. The summed E-state index contributed by atoms with van der Waals surface area (Å²) in [6.07, 6.45) is 5.29. The molecular formula is C16H22N2O3. The number of fused-ring (bicyclic) bond motifs is 1. The van der Waals surface area contributed by atoms with Crippen LogP contribution < -0.4 is 5.48 Å². The van der Waals surface area contributed by atoms with Gasteiger partial charge in [0.05, 0.1) is 18.8 Å². The summed E-state index contributed by atoms with van der Waals surface area (Å²) in [5.74, 6) is 0. The van der Waals surface area contributed by atoms with E-state index in [-0.39, 0.29) is 24.8 Å². The molecule has 0 bridgehead atoms. The van der Waals surface area contributed by atoms with E-state index in [2.05, 4.69) is 11.5 Å². The molecule has 1 aromatic rings. The lowest BCUT2D eigenvalue weighted by molar-refractivity contribution is -0.0136. The Kier molecular flexibility index (Phi) is 4.41. The molecule has 0 aromatic heterocycles. The normalized spacial score (nSPS) is 22.1. The SMILES string of the molecule is O=C(NOC1CCCC1)N1CCc2ccccc2C1CO. The molecule has 5 nitrogen and oxygen atoms in total. The van der Waals surface area contributed by atoms with Gasteiger partial charge in [-0.3, -0.25) is 4.84 Å². The number of amides is 2. The zero-order valence-electron chi connectivity index (χ0n) is 12.1. The van der Waals surface area contributed by atoms with E-state index < -0.39 is 0 Å². The first-order valence-electron chi connectivity index (χ1n) is 7.70. The predicted octanol–water partition coefficient (Wildman–Crippen LogP) is 2.16. The van der Waals surface area contributed by atoms with Crippen molar-refractivity contribution in [1.29, 1.82) is 0 Å². The summed E-state index contributed by atoms with van der Waals surface area (Å²) in [7, 11) is 0. The second kappa shape index (κ2) is 6.45. The molecule has 1 fully saturated rings. The van der Waals surface area contributed by atoms with Crippen molar-refractivity contribution < 1.29 is 14.7 Å². The second-order valence-electron chi connectivity index (χ2n) is 5.77. The van der Waals surface area contributed by atoms with E-state index in [4.69, 9.17) is 4.84 Å². The first-order valence-corrected chi connectivity index (χ1v) is 7.70. The average molecular weight is 290 g/mol. The van der Waals surface area contributed by atoms with Crippen LogP contribution in [0.4, 0.5) is 4.79 Å². The van der Waals surface area contributed by atoms with Crippen LogP contribution in [0.25, 0.3) is 0 Å². The van der Waals surface area contributed by atoms with Gasteiger partial charge in [0.25, 0.3) is 0 Å². The first kappa shape index (κ1) is 14.4. The van der Waals surface area contributed by atoms with Crippen molar-refractivity contribution in [2.45, 2.75) is 44.2 Å². The lowest BCUT2D eigenvalue weighted by Crippen LogP contribution is -2.47. The van der Waals surface area contributed by atoms with Gasteiger partial charge in [-0.2, -0.15) is 0 Å². The largest absolute Gasteiger partial charge is 0.394 e. The summed E-state index contributed by atoms with van der Waals surface area (Å²) in [5, 5.41) is 9.67. The molecule has 1 aromatic carbocycles. The molecule has 0 radical (unpaired) electrons. The van der Waals surface area contributed by atoms with Crippen LogP contribution in [0.15, 0.2) is 24.3 Å². The molecule has 5 heteroatoms. The number of hydrogen-bond donors (Lipinski definition) is 2. The number of carbonyl (C=O) groups excluding carboxylic acids is 1. The van der Waals surface area contributed by atoms with E-state index >= 15 is 0 Å². The quantitative estimate of drug-likeness (QED) is 0.839. The van der Waals surface area contributed by atoms with Crippen LogP contribution in [0.1, 0.15) is 42.9 Å². The highest BCUT2D eigenvalue weighted by atomic mass is 16.7. The van der Waals surface area contributed by atoms with Crippen LogP contribution in [-0.4, -0.2) is 35.3 Å². The monoisotopic (exact) mass is 290 g/mol. The Labute approximate surface area is 124 Å². The topological polar surface area (TPSA) is 61.8 Å². The Bertz CT molecular complexity index is 500. The Morgan fingerprint density at radius 3 is 2.86 bits per heavy atom. The molecule has 2 aliphatic rings. The van der Waals surface area contributed by atoms with Gasteiger partial charge in [0.1, 0.15) is 0 Å². The molecule has 2 amide bonds. The van der Waals surface area contributed by atoms with Crippen molar-refractivity contribution in [2.75, 3.05) is 13.2 Å². The zero-order valence-corrected chi connectivity index (χ0v) is 12.1. The number of carbonyl (C=O) groups is 1. The number of urea groups is 1. The molecule has 114 valence electrons. The Morgan fingerprint density at radius 2 is 2.10 bits per heavy atom. The smallest absolute Gasteiger partial charge is 0.341 e. The van der Waals surface area contributed by atoms with E-state index in [0.29, 0.717) is 6.54 Å². The first-order chi connectivity index (χ1) is 10.3. The minimum Gasteiger partial charge on any atom is -0.394 e. The second-order valence-corrected chi connectivity index (χ2v) is 5.77. The van der Waals surface area contributed by atoms with Crippen LogP contribution in [0.5, 0.6) is 0 Å². The maximum absolute atomic E-state index is 12.3. The standard InChI is InChI=1S/C16H22N2O3/c19-11-15-14-8-4-1-5-12(14)9-10-18(15)16(20)17-21-13-6-2-3-7-13/h1,4-5,8,13,15,19H,2-3,6-7,9-11H2,(H,17,20). The average Bonchev–Trinajstić information content (AvgIpc) is 3.04. The van der Waals surface area contributed by atoms with Crippen molar-refractivity contribution in [2.24, 2.45) is 0 Å². The van der Waals surface area contributed by atoms with Crippen molar-refractivity contribution in [3.05, 3.63) is 35.4 Å². The van der Waals surface area contributed by atoms with Gasteiger partial charge in [0.15, 0.2) is 0 Å². The lowest BCUT2D eigenvalue weighted by Gasteiger charge is -2.36. The molecule has 1 heterocycles. The highest BCUT2D eigenvalue weighted by molar-refractivity contribution is 5.74. The predicted molar refractivity (Wildman–Crippen MR) is 78.6 cm³/mol. The van der Waals surface area contributed by atoms with Crippen LogP contribution in [-0.2, 0) is 11.3 Å². The number of benzene rings is 1. The number of nitrogens with zero attached hydrogens (tertiary/aromatic N) is 1. The van der Waals surface area contributed by atoms with Crippen molar-refractivity contribution in [3.8, 4) is 0 Å². The fourth-order valence-corrected chi connectivity index (χ4v) is 3.29. The molecule has 0 spiro atoms. The maximum atomic E-state index is 12.3. The van der Waals surface area contributed by atoms with E-state index in [1.807, 2.05) is 18.2 Å².